The molecule has 22 heavy (non-hydrogen) atoms. The van der Waals surface area contributed by atoms with Gasteiger partial charge in [-0.25, -0.2) is 0 Å². The average molecular weight is 315 g/mol. The van der Waals surface area contributed by atoms with Gasteiger partial charge >= 0.3 is 5.97 Å². The minimum Gasteiger partial charge on any atom is -0.480 e. The lowest BCUT2D eigenvalue weighted by Crippen LogP contribution is -2.64. The van der Waals surface area contributed by atoms with Crippen molar-refractivity contribution in [3.05, 3.63) is 0 Å². The molecule has 0 aliphatic heterocycles. The Morgan fingerprint density at radius 1 is 0.818 bits per heavy atom. The van der Waals surface area contributed by atoms with Gasteiger partial charge in [-0.3, -0.25) is 19.2 Å². The highest BCUT2D eigenvalue weighted by atomic mass is 16.4. The quantitative estimate of drug-likeness (QED) is 0.346. The predicted octanol–water partition coefficient (Wildman–Crippen LogP) is -1.16. The molecule has 0 aliphatic rings. The maximum absolute atomic E-state index is 12.5. The molecule has 8 nitrogen and oxygen atoms in total. The summed E-state index contributed by atoms with van der Waals surface area (Å²) in [5.41, 5.74) is 11.8. The Hall–Kier alpha value is -1.64. The first-order valence-electron chi connectivity index (χ1n) is 7.20. The molecule has 0 bridgehead atoms. The molecule has 1 atom stereocenters. The standard InChI is InChI=1S/C14H25N3O5/c1-3-5-14(10(19)7-16,11(20)8-17)13(4-2,12(21)22)9(18)6-15/h3-8,15-17H2,1-2H3,(H,21,22). The zero-order valence-electron chi connectivity index (χ0n) is 13.1. The van der Waals surface area contributed by atoms with E-state index in [1.807, 2.05) is 0 Å². The molecule has 0 rings (SSSR count). The molecule has 0 aliphatic carbocycles. The molecule has 0 aromatic heterocycles. The highest BCUT2D eigenvalue weighted by Crippen LogP contribution is 2.48. The number of hydrogen-bond acceptors (Lipinski definition) is 7. The molecule has 1 unspecified atom stereocenters. The van der Waals surface area contributed by atoms with Gasteiger partial charge in [-0.05, 0) is 12.8 Å². The van der Waals surface area contributed by atoms with Crippen molar-refractivity contribution >= 4 is 23.3 Å². The van der Waals surface area contributed by atoms with Crippen LogP contribution in [0.4, 0.5) is 0 Å². The molecular weight excluding hydrogens is 290 g/mol. The molecule has 0 aromatic rings. The Morgan fingerprint density at radius 3 is 1.41 bits per heavy atom. The van der Waals surface area contributed by atoms with Gasteiger partial charge in [0.05, 0.1) is 19.6 Å². The van der Waals surface area contributed by atoms with Crippen LogP contribution in [0.25, 0.3) is 0 Å². The summed E-state index contributed by atoms with van der Waals surface area (Å²) in [5.74, 6) is -4.02. The van der Waals surface area contributed by atoms with Crippen molar-refractivity contribution < 1.29 is 24.3 Å². The predicted molar refractivity (Wildman–Crippen MR) is 79.9 cm³/mol. The van der Waals surface area contributed by atoms with Crippen LogP contribution in [0.5, 0.6) is 0 Å². The molecular formula is C14H25N3O5. The van der Waals surface area contributed by atoms with Gasteiger partial charge in [0.15, 0.2) is 17.3 Å². The van der Waals surface area contributed by atoms with Crippen LogP contribution >= 0.6 is 0 Å². The van der Waals surface area contributed by atoms with E-state index in [0.29, 0.717) is 6.42 Å². The molecule has 8 heteroatoms. The summed E-state index contributed by atoms with van der Waals surface area (Å²) in [7, 11) is 0. The minimum atomic E-state index is -2.25. The van der Waals surface area contributed by atoms with Crippen LogP contribution in [0.3, 0.4) is 0 Å². The molecule has 0 heterocycles. The van der Waals surface area contributed by atoms with Gasteiger partial charge < -0.3 is 22.3 Å². The van der Waals surface area contributed by atoms with Gasteiger partial charge in [0.2, 0.25) is 0 Å². The number of carboxylic acids is 1. The Labute approximate surface area is 129 Å². The minimum absolute atomic E-state index is 0.120. The van der Waals surface area contributed by atoms with E-state index in [1.54, 1.807) is 6.92 Å². The smallest absolute Gasteiger partial charge is 0.318 e. The number of nitrogens with two attached hydrogens (primary N) is 3. The number of rotatable bonds is 11. The van der Waals surface area contributed by atoms with E-state index in [2.05, 4.69) is 0 Å². The summed E-state index contributed by atoms with van der Waals surface area (Å²) in [4.78, 5) is 49.3. The summed E-state index contributed by atoms with van der Waals surface area (Å²) in [6.07, 6.45) is -0.0643. The van der Waals surface area contributed by atoms with Crippen LogP contribution in [-0.2, 0) is 19.2 Å². The first-order chi connectivity index (χ1) is 10.3. The Kier molecular flexibility index (Phi) is 7.51. The van der Waals surface area contributed by atoms with Crippen LogP contribution in [-0.4, -0.2) is 48.1 Å². The van der Waals surface area contributed by atoms with Gasteiger partial charge in [-0.2, -0.15) is 0 Å². The first kappa shape index (κ1) is 20.4. The summed E-state index contributed by atoms with van der Waals surface area (Å²) >= 11 is 0. The molecule has 0 amide bonds. The molecule has 0 radical (unpaired) electrons. The van der Waals surface area contributed by atoms with Crippen LogP contribution in [0, 0.1) is 10.8 Å². The van der Waals surface area contributed by atoms with Crippen molar-refractivity contribution in [1.29, 1.82) is 0 Å². The Balaban J connectivity index is 6.77. The van der Waals surface area contributed by atoms with Crippen LogP contribution in [0.2, 0.25) is 0 Å². The second-order valence-corrected chi connectivity index (χ2v) is 5.10. The SMILES string of the molecule is CCCC(C(=O)CN)(C(=O)CN)C(CC)(C(=O)O)C(=O)CN. The van der Waals surface area contributed by atoms with E-state index in [1.165, 1.54) is 6.92 Å². The van der Waals surface area contributed by atoms with Crippen LogP contribution in [0.15, 0.2) is 0 Å². The van der Waals surface area contributed by atoms with Crippen molar-refractivity contribution in [1.82, 2.24) is 0 Å². The lowest BCUT2D eigenvalue weighted by atomic mass is 9.53. The summed E-state index contributed by atoms with van der Waals surface area (Å²) < 4.78 is 0. The third-order valence-electron chi connectivity index (χ3n) is 4.23. The van der Waals surface area contributed by atoms with Gasteiger partial charge in [-0.1, -0.05) is 20.3 Å². The average Bonchev–Trinajstić information content (AvgIpc) is 2.52. The third kappa shape index (κ3) is 2.81. The molecule has 0 aromatic carbocycles. The van der Waals surface area contributed by atoms with Crippen molar-refractivity contribution in [2.24, 2.45) is 28.0 Å². The highest BCUT2D eigenvalue weighted by Gasteiger charge is 2.65. The summed E-state index contributed by atoms with van der Waals surface area (Å²) in [5, 5.41) is 9.71. The first-order valence-corrected chi connectivity index (χ1v) is 7.20. The molecule has 7 N–H and O–H groups in total. The van der Waals surface area contributed by atoms with E-state index < -0.39 is 53.8 Å². The zero-order valence-corrected chi connectivity index (χ0v) is 13.1. The maximum Gasteiger partial charge on any atom is 0.318 e. The van der Waals surface area contributed by atoms with Crippen LogP contribution < -0.4 is 17.2 Å². The largest absolute Gasteiger partial charge is 0.480 e. The Morgan fingerprint density at radius 2 is 1.18 bits per heavy atom. The third-order valence-corrected chi connectivity index (χ3v) is 4.23. The van der Waals surface area contributed by atoms with E-state index in [-0.39, 0.29) is 12.8 Å². The zero-order chi connectivity index (χ0) is 17.6. The number of ketones is 3. The second kappa shape index (κ2) is 8.11. The maximum atomic E-state index is 12.5. The molecule has 126 valence electrons. The highest BCUT2D eigenvalue weighted by molar-refractivity contribution is 6.20. The summed E-state index contributed by atoms with van der Waals surface area (Å²) in [6.45, 7) is 1.40. The molecule has 0 fully saturated rings. The molecule has 0 saturated heterocycles. The van der Waals surface area contributed by atoms with Crippen molar-refractivity contribution in [3.63, 3.8) is 0 Å². The number of carbonyl (C=O) groups is 4. The Bertz CT molecular complexity index is 447. The lowest BCUT2D eigenvalue weighted by molar-refractivity contribution is -0.175. The van der Waals surface area contributed by atoms with Gasteiger partial charge in [-0.15, -0.1) is 0 Å². The number of carbonyl (C=O) groups excluding carboxylic acids is 3. The molecule has 0 saturated carbocycles. The normalized spacial score (nSPS) is 14.2. The fraction of sp³-hybridized carbons (Fsp3) is 0.714. The molecule has 0 spiro atoms. The fourth-order valence-electron chi connectivity index (χ4n) is 3.21. The number of hydrogen-bond donors (Lipinski definition) is 4. The number of Topliss-reactive ketones (excluding diaryl/α,β-unsaturated/α-hetero) is 3. The van der Waals surface area contributed by atoms with Crippen molar-refractivity contribution in [2.75, 3.05) is 19.6 Å². The topological polar surface area (TPSA) is 167 Å². The van der Waals surface area contributed by atoms with Crippen molar-refractivity contribution in [3.8, 4) is 0 Å². The monoisotopic (exact) mass is 315 g/mol. The summed E-state index contributed by atoms with van der Waals surface area (Å²) in [6, 6.07) is 0. The number of aliphatic carboxylic acids is 1. The van der Waals surface area contributed by atoms with E-state index >= 15 is 0 Å². The number of carboxylic acid groups (broad SMARTS) is 1. The van der Waals surface area contributed by atoms with Crippen molar-refractivity contribution in [2.45, 2.75) is 33.1 Å². The van der Waals surface area contributed by atoms with E-state index in [4.69, 9.17) is 17.2 Å². The van der Waals surface area contributed by atoms with Gasteiger partial charge in [0.1, 0.15) is 10.8 Å². The second-order valence-electron chi connectivity index (χ2n) is 5.10. The van der Waals surface area contributed by atoms with E-state index in [0.717, 1.165) is 0 Å². The van der Waals surface area contributed by atoms with Gasteiger partial charge in [0, 0.05) is 0 Å². The lowest BCUT2D eigenvalue weighted by Gasteiger charge is -2.44. The van der Waals surface area contributed by atoms with Gasteiger partial charge in [0.25, 0.3) is 0 Å². The van der Waals surface area contributed by atoms with Crippen LogP contribution in [0.1, 0.15) is 33.1 Å². The van der Waals surface area contributed by atoms with E-state index in [9.17, 15) is 24.3 Å². The fourth-order valence-corrected chi connectivity index (χ4v) is 3.21.